The summed E-state index contributed by atoms with van der Waals surface area (Å²) in [7, 11) is 0. The van der Waals surface area contributed by atoms with Crippen LogP contribution in [-0.4, -0.2) is 14.8 Å². The molecule has 5 saturated carbocycles. The van der Waals surface area contributed by atoms with Gasteiger partial charge in [0.05, 0.1) is 5.88 Å². The van der Waals surface area contributed by atoms with Crippen LogP contribution >= 0.6 is 11.6 Å². The van der Waals surface area contributed by atoms with Crippen molar-refractivity contribution in [3.63, 3.8) is 0 Å². The van der Waals surface area contributed by atoms with Gasteiger partial charge < -0.3 is 4.57 Å². The molecule has 5 aliphatic rings. The van der Waals surface area contributed by atoms with Crippen molar-refractivity contribution in [1.82, 2.24) is 14.8 Å². The maximum atomic E-state index is 6.10. The first kappa shape index (κ1) is 12.0. The molecule has 0 spiro atoms. The van der Waals surface area contributed by atoms with Crippen LogP contribution in [0.1, 0.15) is 69.1 Å². The van der Waals surface area contributed by atoms with Gasteiger partial charge in [-0.25, -0.2) is 0 Å². The molecular formula is C16H22ClN3. The largest absolute Gasteiger partial charge is 0.310 e. The zero-order valence-electron chi connectivity index (χ0n) is 11.9. The second kappa shape index (κ2) is 4.00. The van der Waals surface area contributed by atoms with E-state index in [4.69, 9.17) is 11.6 Å². The normalized spacial score (nSPS) is 42.4. The SMILES string of the molecule is ClCc1nnc(C23CC4CC(CC(C4)C2)C3)n1C1CC1. The molecule has 4 heteroatoms. The molecule has 0 unspecified atom stereocenters. The smallest absolute Gasteiger partial charge is 0.148 e. The predicted molar refractivity (Wildman–Crippen MR) is 77.7 cm³/mol. The third-order valence-corrected chi connectivity index (χ3v) is 6.55. The van der Waals surface area contributed by atoms with Crippen molar-refractivity contribution in [3.05, 3.63) is 11.6 Å². The number of alkyl halides is 1. The number of hydrogen-bond donors (Lipinski definition) is 0. The van der Waals surface area contributed by atoms with Crippen molar-refractivity contribution in [1.29, 1.82) is 0 Å². The molecule has 0 N–H and O–H groups in total. The second-order valence-corrected chi connectivity index (χ2v) is 8.14. The van der Waals surface area contributed by atoms with E-state index in [0.717, 1.165) is 23.6 Å². The summed E-state index contributed by atoms with van der Waals surface area (Å²) < 4.78 is 2.44. The summed E-state index contributed by atoms with van der Waals surface area (Å²) in [6.07, 6.45) is 11.1. The van der Waals surface area contributed by atoms with Gasteiger partial charge in [-0.3, -0.25) is 0 Å². The van der Waals surface area contributed by atoms with Crippen molar-refractivity contribution in [2.75, 3.05) is 0 Å². The van der Waals surface area contributed by atoms with Crippen molar-refractivity contribution in [2.24, 2.45) is 17.8 Å². The molecule has 5 aliphatic carbocycles. The number of rotatable bonds is 3. The highest BCUT2D eigenvalue weighted by Gasteiger charge is 2.54. The van der Waals surface area contributed by atoms with E-state index >= 15 is 0 Å². The zero-order chi connectivity index (χ0) is 13.3. The molecular weight excluding hydrogens is 270 g/mol. The quantitative estimate of drug-likeness (QED) is 0.793. The van der Waals surface area contributed by atoms with Crippen LogP contribution in [-0.2, 0) is 11.3 Å². The van der Waals surface area contributed by atoms with E-state index in [1.54, 1.807) is 0 Å². The highest BCUT2D eigenvalue weighted by atomic mass is 35.5. The zero-order valence-corrected chi connectivity index (χ0v) is 12.6. The Bertz CT molecular complexity index is 511. The molecule has 0 saturated heterocycles. The van der Waals surface area contributed by atoms with Gasteiger partial charge in [0.25, 0.3) is 0 Å². The van der Waals surface area contributed by atoms with Gasteiger partial charge in [-0.2, -0.15) is 0 Å². The second-order valence-electron chi connectivity index (χ2n) is 7.87. The first-order valence-corrected chi connectivity index (χ1v) is 8.81. The first-order valence-electron chi connectivity index (χ1n) is 8.27. The standard InChI is InChI=1S/C16H22ClN3/c17-9-14-18-19-15(20(14)13-1-2-13)16-6-10-3-11(7-16)5-12(4-10)8-16/h10-13H,1-9H2. The van der Waals surface area contributed by atoms with Crippen LogP contribution in [0.4, 0.5) is 0 Å². The van der Waals surface area contributed by atoms with Gasteiger partial charge in [0, 0.05) is 11.5 Å². The highest BCUT2D eigenvalue weighted by molar-refractivity contribution is 6.16. The minimum absolute atomic E-state index is 0.356. The summed E-state index contributed by atoms with van der Waals surface area (Å²) in [5, 5.41) is 9.10. The van der Waals surface area contributed by atoms with E-state index in [1.807, 2.05) is 0 Å². The van der Waals surface area contributed by atoms with Crippen molar-refractivity contribution in [2.45, 2.75) is 68.7 Å². The van der Waals surface area contributed by atoms with Gasteiger partial charge in [0.1, 0.15) is 11.6 Å². The van der Waals surface area contributed by atoms with Crippen LogP contribution < -0.4 is 0 Å². The van der Waals surface area contributed by atoms with Gasteiger partial charge >= 0.3 is 0 Å². The van der Waals surface area contributed by atoms with Crippen LogP contribution in [0.3, 0.4) is 0 Å². The number of halogens is 1. The molecule has 0 aliphatic heterocycles. The number of aromatic nitrogens is 3. The first-order chi connectivity index (χ1) is 9.77. The van der Waals surface area contributed by atoms with E-state index in [1.165, 1.54) is 57.2 Å². The molecule has 4 bridgehead atoms. The Morgan fingerprint density at radius 1 is 1.00 bits per heavy atom. The molecule has 1 aromatic rings. The van der Waals surface area contributed by atoms with Crippen LogP contribution in [0.15, 0.2) is 0 Å². The number of hydrogen-bond acceptors (Lipinski definition) is 2. The van der Waals surface area contributed by atoms with Crippen LogP contribution in [0.25, 0.3) is 0 Å². The molecule has 5 fully saturated rings. The molecule has 1 heterocycles. The Balaban J connectivity index is 1.61. The lowest BCUT2D eigenvalue weighted by Gasteiger charge is -2.56. The maximum Gasteiger partial charge on any atom is 0.148 e. The van der Waals surface area contributed by atoms with E-state index in [9.17, 15) is 0 Å². The molecule has 1 aromatic heterocycles. The Morgan fingerprint density at radius 2 is 1.60 bits per heavy atom. The predicted octanol–water partition coefficient (Wildman–Crippen LogP) is 3.82. The summed E-state index contributed by atoms with van der Waals surface area (Å²) in [5.74, 6) is 5.73. The van der Waals surface area contributed by atoms with E-state index in [-0.39, 0.29) is 0 Å². The van der Waals surface area contributed by atoms with Crippen molar-refractivity contribution >= 4 is 11.6 Å². The summed E-state index contributed by atoms with van der Waals surface area (Å²) in [6.45, 7) is 0. The molecule has 20 heavy (non-hydrogen) atoms. The lowest BCUT2D eigenvalue weighted by atomic mass is 9.49. The Labute approximate surface area is 125 Å². The van der Waals surface area contributed by atoms with E-state index in [0.29, 0.717) is 17.3 Å². The van der Waals surface area contributed by atoms with Gasteiger partial charge in [0.15, 0.2) is 0 Å². The fourth-order valence-electron chi connectivity index (χ4n) is 5.88. The molecule has 0 amide bonds. The van der Waals surface area contributed by atoms with Crippen LogP contribution in [0, 0.1) is 17.8 Å². The minimum atomic E-state index is 0.356. The van der Waals surface area contributed by atoms with E-state index < -0.39 is 0 Å². The average molecular weight is 292 g/mol. The van der Waals surface area contributed by atoms with Crippen LogP contribution in [0.2, 0.25) is 0 Å². The summed E-state index contributed by atoms with van der Waals surface area (Å²) in [6, 6.07) is 0.654. The lowest BCUT2D eigenvalue weighted by molar-refractivity contribution is -0.0112. The molecule has 108 valence electrons. The Hall–Kier alpha value is -0.570. The molecule has 0 aromatic carbocycles. The fraction of sp³-hybridized carbons (Fsp3) is 0.875. The lowest BCUT2D eigenvalue weighted by Crippen LogP contribution is -2.49. The Kier molecular flexibility index (Phi) is 2.40. The summed E-state index contributed by atoms with van der Waals surface area (Å²) in [5.41, 5.74) is 0.356. The highest BCUT2D eigenvalue weighted by Crippen LogP contribution is 2.61. The van der Waals surface area contributed by atoms with E-state index in [2.05, 4.69) is 14.8 Å². The third-order valence-electron chi connectivity index (χ3n) is 6.31. The van der Waals surface area contributed by atoms with Gasteiger partial charge in [-0.15, -0.1) is 21.8 Å². The third kappa shape index (κ3) is 1.59. The van der Waals surface area contributed by atoms with Gasteiger partial charge in [-0.1, -0.05) is 0 Å². The Morgan fingerprint density at radius 3 is 2.10 bits per heavy atom. The summed E-state index contributed by atoms with van der Waals surface area (Å²) >= 11 is 6.10. The van der Waals surface area contributed by atoms with Gasteiger partial charge in [-0.05, 0) is 69.1 Å². The van der Waals surface area contributed by atoms with Crippen LogP contribution in [0.5, 0.6) is 0 Å². The summed E-state index contributed by atoms with van der Waals surface area (Å²) in [4.78, 5) is 0. The van der Waals surface area contributed by atoms with Crippen molar-refractivity contribution in [3.8, 4) is 0 Å². The van der Waals surface area contributed by atoms with Crippen molar-refractivity contribution < 1.29 is 0 Å². The molecule has 0 atom stereocenters. The molecule has 0 radical (unpaired) electrons. The minimum Gasteiger partial charge on any atom is -0.310 e. The monoisotopic (exact) mass is 291 g/mol. The fourth-order valence-corrected chi connectivity index (χ4v) is 6.06. The molecule has 3 nitrogen and oxygen atoms in total. The van der Waals surface area contributed by atoms with Gasteiger partial charge in [0.2, 0.25) is 0 Å². The number of nitrogens with zero attached hydrogens (tertiary/aromatic N) is 3. The molecule has 6 rings (SSSR count). The topological polar surface area (TPSA) is 30.7 Å². The maximum absolute atomic E-state index is 6.10. The average Bonchev–Trinajstić information content (AvgIpc) is 3.15.